The van der Waals surface area contributed by atoms with Gasteiger partial charge in [0, 0.05) is 27.1 Å². The van der Waals surface area contributed by atoms with E-state index in [0.29, 0.717) is 6.54 Å². The molecular formula is C19H26N4O3S. The number of rotatable bonds is 6. The minimum atomic E-state index is -3.38. The number of sulfonamides is 1. The van der Waals surface area contributed by atoms with Crippen molar-refractivity contribution < 1.29 is 13.2 Å². The van der Waals surface area contributed by atoms with Crippen LogP contribution in [0.3, 0.4) is 0 Å². The molecule has 0 saturated carbocycles. The fourth-order valence-electron chi connectivity index (χ4n) is 3.33. The number of H-pyrrole nitrogens is 1. The third-order valence-electron chi connectivity index (χ3n) is 4.95. The van der Waals surface area contributed by atoms with Crippen LogP contribution in [0, 0.1) is 0 Å². The number of piperidine rings is 1. The Kier molecular flexibility index (Phi) is 5.96. The largest absolute Gasteiger partial charge is 0.340 e. The fourth-order valence-corrected chi connectivity index (χ4v) is 4.12. The van der Waals surface area contributed by atoms with E-state index in [1.165, 1.54) is 14.1 Å². The van der Waals surface area contributed by atoms with Crippen LogP contribution in [0.5, 0.6) is 0 Å². The summed E-state index contributed by atoms with van der Waals surface area (Å²) in [7, 11) is -0.416. The second kappa shape index (κ2) is 8.22. The zero-order chi connectivity index (χ0) is 19.4. The number of aromatic amines is 1. The van der Waals surface area contributed by atoms with E-state index in [1.54, 1.807) is 11.1 Å². The van der Waals surface area contributed by atoms with Gasteiger partial charge in [-0.15, -0.1) is 0 Å². The topological polar surface area (TPSA) is 86.4 Å². The van der Waals surface area contributed by atoms with Crippen molar-refractivity contribution in [2.24, 2.45) is 0 Å². The summed E-state index contributed by atoms with van der Waals surface area (Å²) in [4.78, 5) is 22.4. The first-order chi connectivity index (χ1) is 12.9. The maximum Gasteiger partial charge on any atom is 0.224 e. The first kappa shape index (κ1) is 19.6. The molecule has 2 aromatic rings. The van der Waals surface area contributed by atoms with E-state index in [-0.39, 0.29) is 24.1 Å². The molecule has 0 bridgehead atoms. The van der Waals surface area contributed by atoms with Crippen LogP contribution in [0.2, 0.25) is 0 Å². The van der Waals surface area contributed by atoms with Gasteiger partial charge < -0.3 is 9.88 Å². The second-order valence-corrected chi connectivity index (χ2v) is 9.30. The molecular weight excluding hydrogens is 364 g/mol. The van der Waals surface area contributed by atoms with E-state index in [1.807, 2.05) is 30.3 Å². The Labute approximate surface area is 160 Å². The standard InChI is InChI=1S/C19H26N4O3S/c1-22(2)27(25,26)13-11-18(24)23-12-7-6-10-17(23)19-20-14-16(21-19)15-8-4-3-5-9-15/h3-5,8-9,14,17H,6-7,10-13H2,1-2H3,(H,20,21). The molecule has 27 heavy (non-hydrogen) atoms. The normalized spacial score (nSPS) is 18.0. The average Bonchev–Trinajstić information content (AvgIpc) is 3.17. The summed E-state index contributed by atoms with van der Waals surface area (Å²) in [5.74, 6) is 0.454. The molecule has 0 radical (unpaired) electrons. The number of nitrogens with one attached hydrogen (secondary N) is 1. The van der Waals surface area contributed by atoms with Gasteiger partial charge in [-0.25, -0.2) is 17.7 Å². The van der Waals surface area contributed by atoms with Crippen LogP contribution in [0.15, 0.2) is 36.5 Å². The molecule has 1 aliphatic rings. The van der Waals surface area contributed by atoms with E-state index >= 15 is 0 Å². The predicted octanol–water partition coefficient (Wildman–Crippen LogP) is 2.41. The van der Waals surface area contributed by atoms with Crippen molar-refractivity contribution in [3.63, 3.8) is 0 Å². The number of nitrogens with zero attached hydrogens (tertiary/aromatic N) is 3. The Bertz CT molecular complexity index is 877. The lowest BCUT2D eigenvalue weighted by atomic mass is 10.0. The summed E-state index contributed by atoms with van der Waals surface area (Å²) in [5.41, 5.74) is 1.96. The van der Waals surface area contributed by atoms with Crippen LogP contribution >= 0.6 is 0 Å². The summed E-state index contributed by atoms with van der Waals surface area (Å²) in [6.45, 7) is 0.632. The maximum atomic E-state index is 12.7. The molecule has 1 atom stereocenters. The summed E-state index contributed by atoms with van der Waals surface area (Å²) in [6.07, 6.45) is 4.55. The van der Waals surface area contributed by atoms with Gasteiger partial charge in [0.25, 0.3) is 0 Å². The number of aromatic nitrogens is 2. The molecule has 1 fully saturated rings. The lowest BCUT2D eigenvalue weighted by molar-refractivity contribution is -0.134. The minimum absolute atomic E-state index is 0.0107. The van der Waals surface area contributed by atoms with Gasteiger partial charge in [0.1, 0.15) is 5.82 Å². The SMILES string of the molecule is CN(C)S(=O)(=O)CCC(=O)N1CCCCC1c1ncc(-c2ccccc2)[nH]1. The molecule has 0 spiro atoms. The molecule has 1 aromatic carbocycles. The van der Waals surface area contributed by atoms with Gasteiger partial charge >= 0.3 is 0 Å². The lowest BCUT2D eigenvalue weighted by Crippen LogP contribution is -2.40. The predicted molar refractivity (Wildman–Crippen MR) is 104 cm³/mol. The summed E-state index contributed by atoms with van der Waals surface area (Å²) in [5, 5.41) is 0. The van der Waals surface area contributed by atoms with Crippen LogP contribution in [-0.2, 0) is 14.8 Å². The van der Waals surface area contributed by atoms with E-state index in [2.05, 4.69) is 9.97 Å². The highest BCUT2D eigenvalue weighted by atomic mass is 32.2. The number of amides is 1. The quantitative estimate of drug-likeness (QED) is 0.821. The van der Waals surface area contributed by atoms with Crippen LogP contribution in [0.25, 0.3) is 11.3 Å². The Morgan fingerprint density at radius 3 is 2.70 bits per heavy atom. The maximum absolute atomic E-state index is 12.7. The van der Waals surface area contributed by atoms with Crippen LogP contribution in [0.1, 0.15) is 37.5 Å². The number of benzene rings is 1. The second-order valence-electron chi connectivity index (χ2n) is 7.00. The lowest BCUT2D eigenvalue weighted by Gasteiger charge is -2.34. The van der Waals surface area contributed by atoms with Crippen molar-refractivity contribution in [2.45, 2.75) is 31.7 Å². The van der Waals surface area contributed by atoms with Crippen molar-refractivity contribution in [3.05, 3.63) is 42.4 Å². The van der Waals surface area contributed by atoms with Crippen LogP contribution < -0.4 is 0 Å². The summed E-state index contributed by atoms with van der Waals surface area (Å²) < 4.78 is 25.1. The van der Waals surface area contributed by atoms with E-state index in [0.717, 1.165) is 40.6 Å². The molecule has 1 amide bonds. The van der Waals surface area contributed by atoms with Gasteiger partial charge in [0.2, 0.25) is 15.9 Å². The van der Waals surface area contributed by atoms with E-state index in [9.17, 15) is 13.2 Å². The molecule has 1 aliphatic heterocycles. The van der Waals surface area contributed by atoms with E-state index < -0.39 is 10.0 Å². The minimum Gasteiger partial charge on any atom is -0.340 e. The molecule has 1 N–H and O–H groups in total. The molecule has 2 heterocycles. The van der Waals surface area contributed by atoms with Gasteiger partial charge in [0.05, 0.1) is 23.7 Å². The van der Waals surface area contributed by atoms with Gasteiger partial charge in [-0.1, -0.05) is 30.3 Å². The number of hydrogen-bond acceptors (Lipinski definition) is 4. The van der Waals surface area contributed by atoms with Crippen molar-refractivity contribution in [3.8, 4) is 11.3 Å². The molecule has 0 aliphatic carbocycles. The van der Waals surface area contributed by atoms with E-state index in [4.69, 9.17) is 0 Å². The van der Waals surface area contributed by atoms with Gasteiger partial charge in [-0.05, 0) is 24.8 Å². The number of carbonyl (C=O) groups excluding carboxylic acids is 1. The molecule has 8 heteroatoms. The Morgan fingerprint density at radius 2 is 2.00 bits per heavy atom. The van der Waals surface area contributed by atoms with Crippen molar-refractivity contribution in [2.75, 3.05) is 26.4 Å². The average molecular weight is 391 g/mol. The number of hydrogen-bond donors (Lipinski definition) is 1. The van der Waals surface area contributed by atoms with Crippen molar-refractivity contribution in [1.29, 1.82) is 0 Å². The number of carbonyl (C=O) groups is 1. The monoisotopic (exact) mass is 390 g/mol. The Hall–Kier alpha value is -2.19. The zero-order valence-electron chi connectivity index (χ0n) is 15.8. The van der Waals surface area contributed by atoms with Crippen molar-refractivity contribution >= 4 is 15.9 Å². The third-order valence-corrected chi connectivity index (χ3v) is 6.78. The van der Waals surface area contributed by atoms with Gasteiger partial charge in [-0.3, -0.25) is 4.79 Å². The highest BCUT2D eigenvalue weighted by Crippen LogP contribution is 2.31. The smallest absolute Gasteiger partial charge is 0.224 e. The first-order valence-corrected chi connectivity index (χ1v) is 10.8. The van der Waals surface area contributed by atoms with Crippen LogP contribution in [-0.4, -0.2) is 59.9 Å². The first-order valence-electron chi connectivity index (χ1n) is 9.18. The molecule has 3 rings (SSSR count). The third kappa shape index (κ3) is 4.56. The number of likely N-dealkylation sites (tertiary alicyclic amines) is 1. The Balaban J connectivity index is 1.74. The fraction of sp³-hybridized carbons (Fsp3) is 0.474. The zero-order valence-corrected chi connectivity index (χ0v) is 16.6. The molecule has 1 unspecified atom stereocenters. The summed E-state index contributed by atoms with van der Waals surface area (Å²) >= 11 is 0. The molecule has 146 valence electrons. The number of imidazole rings is 1. The highest BCUT2D eigenvalue weighted by Gasteiger charge is 2.30. The van der Waals surface area contributed by atoms with Gasteiger partial charge in [0.15, 0.2) is 0 Å². The Morgan fingerprint density at radius 1 is 1.26 bits per heavy atom. The summed E-state index contributed by atoms with van der Waals surface area (Å²) in [6, 6.07) is 9.78. The van der Waals surface area contributed by atoms with Gasteiger partial charge in [-0.2, -0.15) is 0 Å². The molecule has 1 aromatic heterocycles. The highest BCUT2D eigenvalue weighted by molar-refractivity contribution is 7.89. The van der Waals surface area contributed by atoms with Crippen LogP contribution in [0.4, 0.5) is 0 Å². The molecule has 7 nitrogen and oxygen atoms in total. The van der Waals surface area contributed by atoms with Crippen molar-refractivity contribution in [1.82, 2.24) is 19.2 Å². The molecule has 1 saturated heterocycles.